The smallest absolute Gasteiger partial charge is 0.325 e. The molecule has 0 aromatic heterocycles. The maximum absolute atomic E-state index is 12.8. The number of methoxy groups -OCH3 is 1. The third-order valence-electron chi connectivity index (χ3n) is 4.60. The van der Waals surface area contributed by atoms with Crippen LogP contribution >= 0.6 is 0 Å². The minimum absolute atomic E-state index is 0.274. The van der Waals surface area contributed by atoms with Crippen LogP contribution in [0.1, 0.15) is 45.1 Å². The van der Waals surface area contributed by atoms with Gasteiger partial charge in [0.1, 0.15) is 17.8 Å². The van der Waals surface area contributed by atoms with E-state index in [1.54, 1.807) is 38.3 Å². The molecule has 2 rings (SSSR count). The topological polar surface area (TPSA) is 87.7 Å². The molecule has 4 amide bonds. The Balaban J connectivity index is 1.97. The summed E-state index contributed by atoms with van der Waals surface area (Å²) in [5.41, 5.74) is -0.552. The average Bonchev–Trinajstić information content (AvgIpc) is 2.85. The minimum atomic E-state index is -1.19. The predicted molar refractivity (Wildman–Crippen MR) is 97.7 cm³/mol. The molecular formula is C19H27N3O4. The van der Waals surface area contributed by atoms with Gasteiger partial charge >= 0.3 is 6.03 Å². The van der Waals surface area contributed by atoms with Crippen LogP contribution in [0, 0.1) is 0 Å². The van der Waals surface area contributed by atoms with Crippen molar-refractivity contribution in [3.63, 3.8) is 0 Å². The van der Waals surface area contributed by atoms with Crippen LogP contribution in [0.4, 0.5) is 4.79 Å². The van der Waals surface area contributed by atoms with E-state index in [4.69, 9.17) is 4.74 Å². The van der Waals surface area contributed by atoms with E-state index < -0.39 is 17.5 Å². The lowest BCUT2D eigenvalue weighted by molar-refractivity contribution is -0.134. The molecule has 1 atom stereocenters. The molecule has 26 heavy (non-hydrogen) atoms. The molecule has 7 heteroatoms. The Morgan fingerprint density at radius 2 is 1.88 bits per heavy atom. The average molecular weight is 361 g/mol. The van der Waals surface area contributed by atoms with E-state index in [1.165, 1.54) is 0 Å². The number of carbonyl (C=O) groups is 3. The summed E-state index contributed by atoms with van der Waals surface area (Å²) in [7, 11) is 1.56. The molecule has 7 nitrogen and oxygen atoms in total. The molecule has 1 aromatic rings. The maximum atomic E-state index is 12.8. The number of hydrogen-bond donors (Lipinski definition) is 2. The molecule has 0 radical (unpaired) electrons. The Labute approximate surface area is 154 Å². The zero-order valence-corrected chi connectivity index (χ0v) is 15.6. The van der Waals surface area contributed by atoms with Gasteiger partial charge in [0.05, 0.1) is 7.11 Å². The molecule has 1 aliphatic heterocycles. The first-order chi connectivity index (χ1) is 12.4. The third-order valence-corrected chi connectivity index (χ3v) is 4.60. The van der Waals surface area contributed by atoms with Crippen molar-refractivity contribution in [2.75, 3.05) is 20.2 Å². The highest BCUT2D eigenvalue weighted by molar-refractivity contribution is 6.09. The van der Waals surface area contributed by atoms with Gasteiger partial charge in [-0.3, -0.25) is 14.5 Å². The highest BCUT2D eigenvalue weighted by Crippen LogP contribution is 2.29. The molecule has 1 saturated heterocycles. The lowest BCUT2D eigenvalue weighted by atomic mass is 9.92. The lowest BCUT2D eigenvalue weighted by Gasteiger charge is -2.22. The van der Waals surface area contributed by atoms with Crippen molar-refractivity contribution in [3.8, 4) is 5.75 Å². The SMILES string of the molecule is CCCCCCNC(=O)CN1C(=O)N[C@](C)(c2ccc(OC)cc2)C1=O. The van der Waals surface area contributed by atoms with Gasteiger partial charge < -0.3 is 15.4 Å². The molecule has 1 heterocycles. The number of hydrogen-bond acceptors (Lipinski definition) is 4. The summed E-state index contributed by atoms with van der Waals surface area (Å²) < 4.78 is 5.11. The molecule has 0 unspecified atom stereocenters. The van der Waals surface area contributed by atoms with E-state index in [-0.39, 0.29) is 12.5 Å². The molecule has 1 aromatic carbocycles. The van der Waals surface area contributed by atoms with E-state index in [9.17, 15) is 14.4 Å². The Hall–Kier alpha value is -2.57. The number of carbonyl (C=O) groups excluding carboxylic acids is 3. The monoisotopic (exact) mass is 361 g/mol. The first-order valence-corrected chi connectivity index (χ1v) is 8.97. The molecule has 0 spiro atoms. The molecule has 0 aliphatic carbocycles. The summed E-state index contributed by atoms with van der Waals surface area (Å²) in [6.07, 6.45) is 4.20. The first-order valence-electron chi connectivity index (χ1n) is 8.97. The number of imide groups is 1. The van der Waals surface area contributed by atoms with Gasteiger partial charge in [-0.25, -0.2) is 4.79 Å². The van der Waals surface area contributed by atoms with Crippen LogP contribution in [0.25, 0.3) is 0 Å². The fourth-order valence-electron chi connectivity index (χ4n) is 2.94. The molecule has 1 fully saturated rings. The minimum Gasteiger partial charge on any atom is -0.497 e. The highest BCUT2D eigenvalue weighted by atomic mass is 16.5. The number of urea groups is 1. The Morgan fingerprint density at radius 3 is 2.50 bits per heavy atom. The van der Waals surface area contributed by atoms with Gasteiger partial charge in [0, 0.05) is 6.54 Å². The predicted octanol–water partition coefficient (Wildman–Crippen LogP) is 2.16. The molecule has 0 saturated carbocycles. The van der Waals surface area contributed by atoms with E-state index in [1.807, 2.05) is 0 Å². The third kappa shape index (κ3) is 4.33. The van der Waals surface area contributed by atoms with Gasteiger partial charge in [0.2, 0.25) is 5.91 Å². The summed E-state index contributed by atoms with van der Waals surface area (Å²) in [4.78, 5) is 38.0. The van der Waals surface area contributed by atoms with Crippen molar-refractivity contribution in [1.82, 2.24) is 15.5 Å². The second kappa shape index (κ2) is 8.69. The van der Waals surface area contributed by atoms with Crippen LogP contribution in [0.5, 0.6) is 5.75 Å². The fourth-order valence-corrected chi connectivity index (χ4v) is 2.94. The van der Waals surface area contributed by atoms with Crippen molar-refractivity contribution < 1.29 is 19.1 Å². The largest absolute Gasteiger partial charge is 0.497 e. The van der Waals surface area contributed by atoms with Crippen molar-refractivity contribution >= 4 is 17.8 Å². The molecule has 0 bridgehead atoms. The maximum Gasteiger partial charge on any atom is 0.325 e. The summed E-state index contributed by atoms with van der Waals surface area (Å²) in [6, 6.07) is 6.36. The second-order valence-corrected chi connectivity index (χ2v) is 6.59. The van der Waals surface area contributed by atoms with Gasteiger partial charge in [-0.2, -0.15) is 0 Å². The molecular weight excluding hydrogens is 334 g/mol. The Bertz CT molecular complexity index is 659. The van der Waals surface area contributed by atoms with E-state index in [0.717, 1.165) is 30.6 Å². The quantitative estimate of drug-likeness (QED) is 0.521. The molecule has 1 aliphatic rings. The number of benzene rings is 1. The van der Waals surface area contributed by atoms with Crippen molar-refractivity contribution in [2.45, 2.75) is 45.1 Å². The van der Waals surface area contributed by atoms with E-state index >= 15 is 0 Å². The first kappa shape index (κ1) is 19.8. The van der Waals surface area contributed by atoms with Gasteiger partial charge in [0.15, 0.2) is 0 Å². The number of unbranched alkanes of at least 4 members (excludes halogenated alkanes) is 3. The molecule has 2 N–H and O–H groups in total. The lowest BCUT2D eigenvalue weighted by Crippen LogP contribution is -2.43. The van der Waals surface area contributed by atoms with Gasteiger partial charge in [-0.15, -0.1) is 0 Å². The van der Waals surface area contributed by atoms with E-state index in [2.05, 4.69) is 17.6 Å². The number of nitrogens with zero attached hydrogens (tertiary/aromatic N) is 1. The second-order valence-electron chi connectivity index (χ2n) is 6.59. The number of nitrogens with one attached hydrogen (secondary N) is 2. The number of ether oxygens (including phenoxy) is 1. The number of rotatable bonds is 9. The van der Waals surface area contributed by atoms with Crippen LogP contribution in [-0.2, 0) is 15.1 Å². The van der Waals surface area contributed by atoms with E-state index in [0.29, 0.717) is 17.9 Å². The summed E-state index contributed by atoms with van der Waals surface area (Å²) in [5.74, 6) is -0.105. The summed E-state index contributed by atoms with van der Waals surface area (Å²) in [5, 5.41) is 5.45. The van der Waals surface area contributed by atoms with Crippen molar-refractivity contribution in [3.05, 3.63) is 29.8 Å². The Kier molecular flexibility index (Phi) is 6.60. The van der Waals surface area contributed by atoms with Gasteiger partial charge in [-0.05, 0) is 31.0 Å². The fraction of sp³-hybridized carbons (Fsp3) is 0.526. The van der Waals surface area contributed by atoms with Crippen LogP contribution in [-0.4, -0.2) is 42.9 Å². The Morgan fingerprint density at radius 1 is 1.19 bits per heavy atom. The molecule has 142 valence electrons. The standard InChI is InChI=1S/C19H27N3O4/c1-4-5-6-7-12-20-16(23)13-22-17(24)19(2,21-18(22)25)14-8-10-15(26-3)11-9-14/h8-11H,4-7,12-13H2,1-3H3,(H,20,23)(H,21,25)/t19-/m1/s1. The van der Waals surface area contributed by atoms with Crippen molar-refractivity contribution in [1.29, 1.82) is 0 Å². The van der Waals surface area contributed by atoms with Gasteiger partial charge in [0.25, 0.3) is 5.91 Å². The highest BCUT2D eigenvalue weighted by Gasteiger charge is 2.49. The zero-order valence-electron chi connectivity index (χ0n) is 15.6. The normalized spacial score (nSPS) is 19.4. The van der Waals surface area contributed by atoms with Crippen LogP contribution in [0.2, 0.25) is 0 Å². The summed E-state index contributed by atoms with van der Waals surface area (Å²) >= 11 is 0. The van der Waals surface area contributed by atoms with Gasteiger partial charge in [-0.1, -0.05) is 38.3 Å². The van der Waals surface area contributed by atoms with Crippen molar-refractivity contribution in [2.24, 2.45) is 0 Å². The summed E-state index contributed by atoms with van der Waals surface area (Å²) in [6.45, 7) is 4.04. The number of amides is 4. The van der Waals surface area contributed by atoms with Crippen LogP contribution in [0.3, 0.4) is 0 Å². The van der Waals surface area contributed by atoms with Crippen LogP contribution < -0.4 is 15.4 Å². The zero-order chi connectivity index (χ0) is 19.2. The van der Waals surface area contributed by atoms with Crippen LogP contribution in [0.15, 0.2) is 24.3 Å².